The highest BCUT2D eigenvalue weighted by Gasteiger charge is 2.37. The minimum Gasteiger partial charge on any atom is -0.495 e. The van der Waals surface area contributed by atoms with E-state index in [1.165, 1.54) is 18.1 Å². The van der Waals surface area contributed by atoms with E-state index in [0.29, 0.717) is 42.4 Å². The Hall–Kier alpha value is -3.84. The molecule has 1 aliphatic carbocycles. The molecule has 0 spiro atoms. The summed E-state index contributed by atoms with van der Waals surface area (Å²) >= 11 is 0. The number of anilines is 4. The van der Waals surface area contributed by atoms with Gasteiger partial charge < -0.3 is 25.4 Å². The van der Waals surface area contributed by atoms with Crippen LogP contribution in [0.25, 0.3) is 0 Å². The average Bonchev–Trinajstić information content (AvgIpc) is 3.26. The Morgan fingerprint density at radius 2 is 1.84 bits per heavy atom. The van der Waals surface area contributed by atoms with E-state index in [0.717, 1.165) is 24.0 Å². The Morgan fingerprint density at radius 1 is 1.12 bits per heavy atom. The third-order valence-corrected chi connectivity index (χ3v) is 7.99. The first-order valence-corrected chi connectivity index (χ1v) is 14.6. The number of aliphatic hydroxyl groups excluding tert-OH is 1. The summed E-state index contributed by atoms with van der Waals surface area (Å²) in [5, 5.41) is 15.5. The van der Waals surface area contributed by atoms with Crippen LogP contribution in [-0.2, 0) is 28.4 Å². The van der Waals surface area contributed by atoms with Crippen molar-refractivity contribution in [3.8, 4) is 5.75 Å². The van der Waals surface area contributed by atoms with Gasteiger partial charge in [-0.1, -0.05) is 12.1 Å². The molecule has 0 radical (unpaired) electrons. The van der Waals surface area contributed by atoms with Crippen LogP contribution in [0.2, 0.25) is 0 Å². The molecule has 11 nitrogen and oxygen atoms in total. The van der Waals surface area contributed by atoms with Crippen LogP contribution >= 0.6 is 8.25 Å². The highest BCUT2D eigenvalue weighted by atomic mass is 31.1. The van der Waals surface area contributed by atoms with Gasteiger partial charge >= 0.3 is 14.4 Å². The molecule has 43 heavy (non-hydrogen) atoms. The van der Waals surface area contributed by atoms with Gasteiger partial charge in [0.2, 0.25) is 5.95 Å². The van der Waals surface area contributed by atoms with Crippen LogP contribution in [0.15, 0.2) is 36.5 Å². The number of carbonyl (C=O) groups excluding carboxylic acids is 1. The first-order valence-electron chi connectivity index (χ1n) is 13.5. The number of amides is 1. The highest BCUT2D eigenvalue weighted by Crippen LogP contribution is 2.42. The van der Waals surface area contributed by atoms with Gasteiger partial charge in [-0.2, -0.15) is 18.2 Å². The Labute approximate surface area is 246 Å². The molecule has 1 aliphatic heterocycles. The molecule has 1 aromatic heterocycles. The van der Waals surface area contributed by atoms with Gasteiger partial charge in [0.1, 0.15) is 23.7 Å². The summed E-state index contributed by atoms with van der Waals surface area (Å²) in [6, 6.07) is 8.10. The summed E-state index contributed by atoms with van der Waals surface area (Å²) in [6.07, 6.45) is -1.66. The van der Waals surface area contributed by atoms with Gasteiger partial charge in [-0.25, -0.2) is 4.98 Å². The molecule has 1 unspecified atom stereocenters. The van der Waals surface area contributed by atoms with E-state index in [4.69, 9.17) is 14.2 Å². The molecule has 0 bridgehead atoms. The first kappa shape index (κ1) is 30.6. The van der Waals surface area contributed by atoms with Gasteiger partial charge in [-0.3, -0.25) is 4.79 Å². The quantitative estimate of drug-likeness (QED) is 0.218. The first-order chi connectivity index (χ1) is 20.4. The SMILES string of the molecule is COc1cc(CO[P+](=O)O)ccc1Nc1ncc(C(F)(F)F)c(Nc2ccc(C3CCC(O)CC3)c3c2C(=O)N(C)C3)n1. The van der Waals surface area contributed by atoms with Crippen LogP contribution in [0, 0.1) is 0 Å². The molecule has 2 aromatic carbocycles. The summed E-state index contributed by atoms with van der Waals surface area (Å²) < 4.78 is 63.0. The molecule has 2 aliphatic rings. The van der Waals surface area contributed by atoms with E-state index >= 15 is 0 Å². The van der Waals surface area contributed by atoms with E-state index in [1.807, 2.05) is 6.07 Å². The number of methoxy groups -OCH3 is 1. The number of nitrogens with one attached hydrogen (secondary N) is 2. The van der Waals surface area contributed by atoms with Crippen molar-refractivity contribution in [3.05, 3.63) is 64.3 Å². The van der Waals surface area contributed by atoms with Crippen LogP contribution in [0.5, 0.6) is 5.75 Å². The van der Waals surface area contributed by atoms with Gasteiger partial charge in [0.15, 0.2) is 0 Å². The van der Waals surface area contributed by atoms with Crippen molar-refractivity contribution < 1.29 is 41.8 Å². The lowest BCUT2D eigenvalue weighted by molar-refractivity contribution is -0.137. The third kappa shape index (κ3) is 6.72. The number of fused-ring (bicyclic) bond motifs is 1. The van der Waals surface area contributed by atoms with Gasteiger partial charge in [-0.05, 0) is 66.5 Å². The van der Waals surface area contributed by atoms with E-state index < -0.39 is 25.8 Å². The average molecular weight is 621 g/mol. The number of hydrogen-bond acceptors (Lipinski definition) is 9. The van der Waals surface area contributed by atoms with Crippen molar-refractivity contribution >= 4 is 37.3 Å². The molecule has 3 aromatic rings. The van der Waals surface area contributed by atoms with Crippen LogP contribution in [-0.4, -0.2) is 51.0 Å². The maximum absolute atomic E-state index is 14.0. The Bertz CT molecular complexity index is 1550. The molecular weight excluding hydrogens is 590 g/mol. The standard InChI is InChI=1S/C28H29F3N5O6P/c1-36-13-19-18(16-4-6-17(37)7-5-16)8-10-22(24(19)26(36)38)33-25-20(28(29,30)31)12-32-27(35-25)34-21-9-3-15(11-23(21)41-2)14-42-43(39)40/h3,8-12,16-17,37H,4-7,13-14H2,1-2H3,(H2-,32,33,34,35,38,39,40)/p+1. The van der Waals surface area contributed by atoms with Crippen LogP contribution in [0.1, 0.15) is 64.2 Å². The van der Waals surface area contributed by atoms with E-state index in [-0.39, 0.29) is 41.9 Å². The van der Waals surface area contributed by atoms with E-state index in [1.54, 1.807) is 25.2 Å². The summed E-state index contributed by atoms with van der Waals surface area (Å²) in [6.45, 7) is 0.170. The van der Waals surface area contributed by atoms with Gasteiger partial charge in [0.05, 0.1) is 30.2 Å². The third-order valence-electron chi connectivity index (χ3n) is 7.64. The maximum atomic E-state index is 14.0. The van der Waals surface area contributed by atoms with Gasteiger partial charge in [0.25, 0.3) is 5.91 Å². The molecule has 5 rings (SSSR count). The molecule has 0 saturated heterocycles. The largest absolute Gasteiger partial charge is 0.695 e. The zero-order chi connectivity index (χ0) is 30.9. The summed E-state index contributed by atoms with van der Waals surface area (Å²) in [4.78, 5) is 31.6. The second kappa shape index (κ2) is 12.4. The van der Waals surface area contributed by atoms with Crippen LogP contribution in [0.4, 0.5) is 36.3 Å². The molecule has 1 fully saturated rings. The number of carbonyl (C=O) groups is 1. The van der Waals surface area contributed by atoms with Crippen molar-refractivity contribution in [1.82, 2.24) is 14.9 Å². The fraction of sp³-hybridized carbons (Fsp3) is 0.393. The van der Waals surface area contributed by atoms with Gasteiger partial charge in [0, 0.05) is 24.4 Å². The van der Waals surface area contributed by atoms with E-state index in [9.17, 15) is 27.6 Å². The van der Waals surface area contributed by atoms with Crippen molar-refractivity contribution in [2.24, 2.45) is 0 Å². The topological polar surface area (TPSA) is 146 Å². The molecule has 4 N–H and O–H groups in total. The normalized spacial score (nSPS) is 18.8. The Kier molecular flexibility index (Phi) is 8.84. The number of rotatable bonds is 9. The van der Waals surface area contributed by atoms with Crippen LogP contribution in [0.3, 0.4) is 0 Å². The molecule has 1 saturated carbocycles. The molecule has 228 valence electrons. The number of aromatic nitrogens is 2. The van der Waals surface area contributed by atoms with Crippen molar-refractivity contribution in [2.75, 3.05) is 24.8 Å². The van der Waals surface area contributed by atoms with Crippen LogP contribution < -0.4 is 15.4 Å². The molecular formula is C28H30F3N5O6P+. The lowest BCUT2D eigenvalue weighted by Gasteiger charge is -2.27. The predicted molar refractivity (Wildman–Crippen MR) is 151 cm³/mol. The number of ether oxygens (including phenoxy) is 1. The second-order valence-corrected chi connectivity index (χ2v) is 11.2. The van der Waals surface area contributed by atoms with Gasteiger partial charge in [-0.15, -0.1) is 9.42 Å². The fourth-order valence-electron chi connectivity index (χ4n) is 5.50. The lowest BCUT2D eigenvalue weighted by Crippen LogP contribution is -2.18. The number of aliphatic hydroxyl groups is 1. The highest BCUT2D eigenvalue weighted by molar-refractivity contribution is 7.32. The Balaban J connectivity index is 1.48. The minimum atomic E-state index is -4.79. The predicted octanol–water partition coefficient (Wildman–Crippen LogP) is 5.76. The number of nitrogens with zero attached hydrogens (tertiary/aromatic N) is 3. The molecule has 1 atom stereocenters. The molecule has 1 amide bonds. The maximum Gasteiger partial charge on any atom is 0.695 e. The summed E-state index contributed by atoms with van der Waals surface area (Å²) in [5.74, 6) is -0.613. The number of hydrogen-bond donors (Lipinski definition) is 4. The molecule has 15 heteroatoms. The summed E-state index contributed by atoms with van der Waals surface area (Å²) in [5.41, 5.74) is 1.96. The van der Waals surface area contributed by atoms with E-state index in [2.05, 4.69) is 20.6 Å². The monoisotopic (exact) mass is 620 g/mol. The minimum absolute atomic E-state index is 0.144. The second-order valence-electron chi connectivity index (χ2n) is 10.5. The zero-order valence-corrected chi connectivity index (χ0v) is 24.2. The zero-order valence-electron chi connectivity index (χ0n) is 23.3. The number of benzene rings is 2. The smallest absolute Gasteiger partial charge is 0.495 e. The van der Waals surface area contributed by atoms with Crippen molar-refractivity contribution in [2.45, 2.75) is 57.0 Å². The molecule has 2 heterocycles. The summed E-state index contributed by atoms with van der Waals surface area (Å²) in [7, 11) is 0.227. The lowest BCUT2D eigenvalue weighted by atomic mass is 9.80. The fourth-order valence-corrected chi connectivity index (χ4v) is 5.76. The number of alkyl halides is 3. The van der Waals surface area contributed by atoms with Crippen molar-refractivity contribution in [1.29, 1.82) is 0 Å². The number of halogens is 3. The Morgan fingerprint density at radius 3 is 2.51 bits per heavy atom. The van der Waals surface area contributed by atoms with Crippen molar-refractivity contribution in [3.63, 3.8) is 0 Å².